The van der Waals surface area contributed by atoms with Gasteiger partial charge in [0, 0.05) is 107 Å². The van der Waals surface area contributed by atoms with Gasteiger partial charge in [0.1, 0.15) is 38.5 Å². The van der Waals surface area contributed by atoms with Crippen LogP contribution >= 0.6 is 22.7 Å². The van der Waals surface area contributed by atoms with Gasteiger partial charge in [-0.25, -0.2) is 34.7 Å². The molecule has 1 aliphatic rings. The molecule has 12 nitrogen and oxygen atoms in total. The Morgan fingerprint density at radius 2 is 0.774 bits per heavy atom. The molecule has 0 atom stereocenters. The second-order valence-electron chi connectivity index (χ2n) is 35.3. The maximum Gasteiger partial charge on any atom is 0.247 e. The molecule has 0 unspecified atom stereocenters. The number of thiophene rings is 2. The van der Waals surface area contributed by atoms with Crippen LogP contribution in [-0.4, -0.2) is 48.6 Å². The van der Waals surface area contributed by atoms with E-state index in [1.165, 1.54) is 91.3 Å². The zero-order valence-corrected chi connectivity index (χ0v) is 75.2. The van der Waals surface area contributed by atoms with Crippen molar-refractivity contribution in [3.8, 4) is 96.0 Å². The Morgan fingerprint density at radius 3 is 1.38 bits per heavy atom. The van der Waals surface area contributed by atoms with E-state index in [-0.39, 0.29) is 28.8 Å². The van der Waals surface area contributed by atoms with E-state index in [0.29, 0.717) is 27.6 Å². The minimum Gasteiger partial charge on any atom is -0.436 e. The highest BCUT2D eigenvalue weighted by Gasteiger charge is 2.40. The predicted molar refractivity (Wildman–Crippen MR) is 569 cm³/mol. The molecule has 28 aromatic rings. The minimum atomic E-state index is -0.462. The van der Waals surface area contributed by atoms with E-state index >= 15 is 0 Å². The smallest absolute Gasteiger partial charge is 0.247 e. The Labute approximate surface area is 799 Å². The van der Waals surface area contributed by atoms with Crippen molar-refractivity contribution in [1.82, 2.24) is 48.6 Å². The molecule has 29 rings (SSSR count). The van der Waals surface area contributed by atoms with Crippen LogP contribution in [0.25, 0.3) is 261 Å². The molecule has 0 aliphatic heterocycles. The van der Waals surface area contributed by atoms with Crippen LogP contribution in [0.15, 0.2) is 423 Å². The number of furan rings is 1. The van der Waals surface area contributed by atoms with E-state index in [1.807, 2.05) is 89.6 Å². The summed E-state index contributed by atoms with van der Waals surface area (Å²) in [5.41, 5.74) is 23.6. The Morgan fingerprint density at radius 1 is 0.314 bits per heavy atom. The van der Waals surface area contributed by atoms with Crippen molar-refractivity contribution in [2.75, 3.05) is 0 Å². The Hall–Kier alpha value is -17.7. The monoisotopic (exact) mass is 1790 g/mol. The summed E-state index contributed by atoms with van der Waals surface area (Å²) < 4.78 is 59.7. The van der Waals surface area contributed by atoms with Gasteiger partial charge in [0.15, 0.2) is 23.1 Å². The molecule has 0 N–H and O–H groups in total. The molecule has 0 spiro atoms. The Bertz CT molecular complexity index is 10200. The molecule has 10 aromatic heterocycles. The fourth-order valence-corrected chi connectivity index (χ4v) is 22.7. The van der Waals surface area contributed by atoms with Crippen molar-refractivity contribution in [3.63, 3.8) is 0 Å². The fourth-order valence-electron chi connectivity index (χ4n) is 20.5. The van der Waals surface area contributed by atoms with Crippen LogP contribution in [-0.2, 0) is 5.41 Å². The molecule has 0 saturated heterocycles. The third kappa shape index (κ3) is 13.0. The van der Waals surface area contributed by atoms with Gasteiger partial charge in [0.2, 0.25) is 5.71 Å². The van der Waals surface area contributed by atoms with Crippen LogP contribution in [0.2, 0.25) is 0 Å². The number of hydrogen-bond acceptors (Lipinski definition) is 10. The van der Waals surface area contributed by atoms with Gasteiger partial charge in [-0.3, -0.25) is 18.7 Å². The first-order chi connectivity index (χ1) is 69.7. The molecule has 18 aromatic carbocycles. The Kier molecular flexibility index (Phi) is 17.0. The summed E-state index contributed by atoms with van der Waals surface area (Å²) >= 11 is 3.24. The molecular weight excluding hydrogens is 1710 g/mol. The number of fused-ring (bicyclic) bond motifs is 24. The van der Waals surface area contributed by atoms with Crippen molar-refractivity contribution in [3.05, 3.63) is 441 Å². The second kappa shape index (κ2) is 31.5. The summed E-state index contributed by atoms with van der Waals surface area (Å²) in [6.07, 6.45) is 1.81. The lowest BCUT2D eigenvalue weighted by molar-refractivity contribution is 0.635. The standard InChI is InChI=1S/C43H24N4OS.C41H29N3.C39H22N4S/c1-2-10-26-22-36-33(21-25(26)9-1)29-11-3-5-14-35(29)47(36)42-40(28-17-18-31-30-12-4-6-15-38(30)49-39(31)24-28)46-43-41(45-42)32-19-16-27(23-37(32)48-43)34-13-7-8-20-44-34;1-41(2)34-22-21-30(26-13-5-3-6-14-26)24-33(34)38-39(41)42-37(27-15-7-4-8-16-27)40(43-38)44-35-20-12-11-19-31(35)32-23-28-17-9-10-18-29(28)25-36(32)44;1-40-29-18-15-24(16-19-29)28-17-20-31-35(23-28)44-39-37(31)41-38(36(42-39)25-9-3-2-4-10-25)43-33-14-8-7-13-30(33)32-21-26-11-5-6-12-27(26)22-34(32)43/h1-24H;3-25H,1-2H3;2-23H/i;;2D,3D,4D,9D,10D. The van der Waals surface area contributed by atoms with E-state index in [0.717, 1.165) is 155 Å². The molecule has 10 heterocycles. The normalized spacial score (nSPS) is 12.9. The maximum absolute atomic E-state index is 8.93. The molecule has 0 bridgehead atoms. The van der Waals surface area contributed by atoms with Crippen molar-refractivity contribution in [2.24, 2.45) is 0 Å². The van der Waals surface area contributed by atoms with Gasteiger partial charge in [0.25, 0.3) is 0 Å². The predicted octanol–water partition coefficient (Wildman–Crippen LogP) is 33.1. The van der Waals surface area contributed by atoms with Crippen LogP contribution < -0.4 is 0 Å². The summed E-state index contributed by atoms with van der Waals surface area (Å²) in [5, 5.41) is 18.1. The van der Waals surface area contributed by atoms with Gasteiger partial charge < -0.3 is 4.42 Å². The van der Waals surface area contributed by atoms with E-state index in [9.17, 15) is 0 Å². The molecule has 14 heteroatoms. The van der Waals surface area contributed by atoms with Crippen LogP contribution in [0.5, 0.6) is 0 Å². The third-order valence-corrected chi connectivity index (χ3v) is 29.3. The first-order valence-electron chi connectivity index (χ1n) is 48.0. The number of pyridine rings is 1. The molecule has 0 fully saturated rings. The highest BCUT2D eigenvalue weighted by Crippen LogP contribution is 2.52. The summed E-state index contributed by atoms with van der Waals surface area (Å²) in [6, 6.07) is 131. The van der Waals surface area contributed by atoms with Crippen molar-refractivity contribution < 1.29 is 11.3 Å². The number of benzene rings is 18. The summed E-state index contributed by atoms with van der Waals surface area (Å²) in [7, 11) is 0. The largest absolute Gasteiger partial charge is 0.436 e. The van der Waals surface area contributed by atoms with Crippen LogP contribution in [0.4, 0.5) is 5.69 Å². The van der Waals surface area contributed by atoms with Gasteiger partial charge in [-0.05, 0) is 163 Å². The molecule has 137 heavy (non-hydrogen) atoms. The number of aromatic nitrogens is 10. The van der Waals surface area contributed by atoms with Crippen LogP contribution in [0.1, 0.15) is 32.0 Å². The van der Waals surface area contributed by atoms with Crippen molar-refractivity contribution in [1.29, 1.82) is 0 Å². The minimum absolute atomic E-state index is 0.000151. The zero-order chi connectivity index (χ0) is 95.0. The fraction of sp³-hybridized carbons (Fsp3) is 0.0244. The Balaban J connectivity index is 0.000000107. The lowest BCUT2D eigenvalue weighted by Crippen LogP contribution is -2.18. The number of nitrogens with zero attached hydrogens (tertiary/aromatic N) is 11. The molecule has 640 valence electrons. The lowest BCUT2D eigenvalue weighted by atomic mass is 9.84. The SMILES string of the molecule is CC1(C)c2ccc(-c3ccccc3)cc2-c2nc(-n3c4ccccc4c4cc5ccccc5cc43)c(-c3ccccc3)nc21.[2H]c1c([2H])c([2H])c(-c2nc3sc4cc(-c5ccc([N+]#[C-])cc5)ccc4c3nc2-n2c3ccccc3c3cc4ccccc4cc32)c([2H])c1[2H].c1ccc(-c2ccc3c(c2)oc2nc(-c4ccc5c(c4)sc4ccccc45)c(-n4c5ccccc5c5cc6ccccc6cc54)nc23)nc1. The highest BCUT2D eigenvalue weighted by molar-refractivity contribution is 7.26. The summed E-state index contributed by atoms with van der Waals surface area (Å²) in [4.78, 5) is 41.0. The zero-order valence-electron chi connectivity index (χ0n) is 78.6. The quantitative estimate of drug-likeness (QED) is 0.131. The topological polar surface area (TPSA) is 123 Å². The number of para-hydroxylation sites is 3. The first-order valence-corrected chi connectivity index (χ1v) is 47.1. The maximum atomic E-state index is 8.93. The number of hydrogen-bond donors (Lipinski definition) is 0. The lowest BCUT2D eigenvalue weighted by Gasteiger charge is -2.21. The molecular formula is C123H75N11OS2. The second-order valence-corrected chi connectivity index (χ2v) is 37.4. The molecule has 0 radical (unpaired) electrons. The van der Waals surface area contributed by atoms with Crippen molar-refractivity contribution in [2.45, 2.75) is 19.3 Å². The van der Waals surface area contributed by atoms with E-state index < -0.39 is 18.1 Å². The average molecular weight is 1790 g/mol. The van der Waals surface area contributed by atoms with E-state index in [2.05, 4.69) is 324 Å². The third-order valence-electron chi connectivity index (χ3n) is 27.1. The van der Waals surface area contributed by atoms with Gasteiger partial charge in [-0.15, -0.1) is 22.7 Å². The summed E-state index contributed by atoms with van der Waals surface area (Å²) in [6.45, 7) is 11.8. The highest BCUT2D eigenvalue weighted by atomic mass is 32.1. The van der Waals surface area contributed by atoms with Gasteiger partial charge >= 0.3 is 0 Å². The molecule has 0 amide bonds. The van der Waals surface area contributed by atoms with Crippen LogP contribution in [0, 0.1) is 6.57 Å². The summed E-state index contributed by atoms with van der Waals surface area (Å²) in [5.74, 6) is 2.00. The first kappa shape index (κ1) is 73.9. The van der Waals surface area contributed by atoms with Gasteiger partial charge in [-0.1, -0.05) is 323 Å². The molecule has 0 saturated carbocycles. The van der Waals surface area contributed by atoms with Gasteiger partial charge in [0.05, 0.1) is 63.6 Å². The molecule has 1 aliphatic carbocycles. The van der Waals surface area contributed by atoms with Crippen LogP contribution in [0.3, 0.4) is 0 Å². The number of rotatable bonds is 9. The van der Waals surface area contributed by atoms with Crippen molar-refractivity contribution >= 4 is 189 Å². The average Bonchev–Trinajstić information content (AvgIpc) is 1.55. The van der Waals surface area contributed by atoms with E-state index in [1.54, 1.807) is 23.5 Å². The van der Waals surface area contributed by atoms with E-state index in [4.69, 9.17) is 47.7 Å². The van der Waals surface area contributed by atoms with Gasteiger partial charge in [-0.2, -0.15) is 0 Å².